The van der Waals surface area contributed by atoms with Crippen LogP contribution in [0.2, 0.25) is 20.1 Å². The zero-order chi connectivity index (χ0) is 16.1. The Bertz CT molecular complexity index is 815. The standard InChI is InChI=1S/C18H13Cl4N/c19-9-4-5-13(14(21)6-9)18-12-3-1-2-11(12)17-15(22)7-10(20)8-16(17)23-18/h1-2,4-8,11-12,18,23H,3H2. The van der Waals surface area contributed by atoms with Gasteiger partial charge in [-0.2, -0.15) is 0 Å². The first-order valence-electron chi connectivity index (χ1n) is 7.41. The molecule has 0 amide bonds. The Hall–Kier alpha value is -0.860. The van der Waals surface area contributed by atoms with Crippen molar-refractivity contribution in [3.8, 4) is 0 Å². The molecule has 118 valence electrons. The molecule has 2 aliphatic rings. The van der Waals surface area contributed by atoms with Gasteiger partial charge in [0.2, 0.25) is 0 Å². The van der Waals surface area contributed by atoms with Crippen LogP contribution in [0.25, 0.3) is 0 Å². The van der Waals surface area contributed by atoms with Gasteiger partial charge in [0.25, 0.3) is 0 Å². The summed E-state index contributed by atoms with van der Waals surface area (Å²) in [5.74, 6) is 0.646. The summed E-state index contributed by atoms with van der Waals surface area (Å²) in [4.78, 5) is 0. The van der Waals surface area contributed by atoms with Gasteiger partial charge in [-0.25, -0.2) is 0 Å². The van der Waals surface area contributed by atoms with Crippen LogP contribution in [0.4, 0.5) is 5.69 Å². The molecule has 0 saturated carbocycles. The summed E-state index contributed by atoms with van der Waals surface area (Å²) < 4.78 is 0. The van der Waals surface area contributed by atoms with Gasteiger partial charge in [0, 0.05) is 37.3 Å². The van der Waals surface area contributed by atoms with Crippen LogP contribution in [0.5, 0.6) is 0 Å². The van der Waals surface area contributed by atoms with E-state index in [4.69, 9.17) is 46.4 Å². The normalized spacial score (nSPS) is 25.0. The van der Waals surface area contributed by atoms with E-state index in [0.717, 1.165) is 23.2 Å². The molecule has 2 aromatic rings. The SMILES string of the molecule is Clc1ccc(C2Nc3cc(Cl)cc(Cl)c3C3C=CCC32)c(Cl)c1. The van der Waals surface area contributed by atoms with E-state index >= 15 is 0 Å². The molecule has 5 heteroatoms. The summed E-state index contributed by atoms with van der Waals surface area (Å²) in [5, 5.41) is 6.25. The van der Waals surface area contributed by atoms with Crippen molar-refractivity contribution in [2.24, 2.45) is 5.92 Å². The third-order valence-corrected chi connectivity index (χ3v) is 5.77. The summed E-state index contributed by atoms with van der Waals surface area (Å²) in [6.07, 6.45) is 5.44. The average molecular weight is 385 g/mol. The summed E-state index contributed by atoms with van der Waals surface area (Å²) in [6, 6.07) is 9.50. The lowest BCUT2D eigenvalue weighted by atomic mass is 9.77. The van der Waals surface area contributed by atoms with E-state index in [-0.39, 0.29) is 12.0 Å². The lowest BCUT2D eigenvalue weighted by Crippen LogP contribution is -2.29. The predicted molar refractivity (Wildman–Crippen MR) is 99.3 cm³/mol. The molecule has 0 saturated heterocycles. The fraction of sp³-hybridized carbons (Fsp3) is 0.222. The molecule has 4 rings (SSSR count). The van der Waals surface area contributed by atoms with Crippen LogP contribution in [0, 0.1) is 5.92 Å². The highest BCUT2D eigenvalue weighted by molar-refractivity contribution is 6.36. The van der Waals surface area contributed by atoms with E-state index in [1.165, 1.54) is 0 Å². The number of rotatable bonds is 1. The molecule has 0 bridgehead atoms. The van der Waals surface area contributed by atoms with Crippen LogP contribution in [0.1, 0.15) is 29.5 Å². The molecule has 1 heterocycles. The molecule has 2 aromatic carbocycles. The maximum Gasteiger partial charge on any atom is 0.0568 e. The number of nitrogens with one attached hydrogen (secondary N) is 1. The smallest absolute Gasteiger partial charge is 0.0568 e. The summed E-state index contributed by atoms with van der Waals surface area (Å²) in [5.41, 5.74) is 3.15. The molecule has 23 heavy (non-hydrogen) atoms. The summed E-state index contributed by atoms with van der Waals surface area (Å²) >= 11 is 25.1. The van der Waals surface area contributed by atoms with Crippen LogP contribution >= 0.6 is 46.4 Å². The number of anilines is 1. The van der Waals surface area contributed by atoms with Gasteiger partial charge in [0.05, 0.1) is 6.04 Å². The first-order valence-corrected chi connectivity index (χ1v) is 8.93. The quantitative estimate of drug-likeness (QED) is 0.515. The lowest BCUT2D eigenvalue weighted by molar-refractivity contribution is 0.426. The van der Waals surface area contributed by atoms with E-state index in [1.807, 2.05) is 24.3 Å². The fourth-order valence-corrected chi connectivity index (χ4v) is 4.85. The molecule has 1 aliphatic carbocycles. The van der Waals surface area contributed by atoms with Crippen molar-refractivity contribution in [2.45, 2.75) is 18.4 Å². The van der Waals surface area contributed by atoms with Crippen molar-refractivity contribution < 1.29 is 0 Å². The topological polar surface area (TPSA) is 12.0 Å². The molecule has 1 N–H and O–H groups in total. The monoisotopic (exact) mass is 383 g/mol. The van der Waals surface area contributed by atoms with Crippen LogP contribution in [0.3, 0.4) is 0 Å². The van der Waals surface area contributed by atoms with Crippen molar-refractivity contribution >= 4 is 52.1 Å². The van der Waals surface area contributed by atoms with Crippen LogP contribution in [0.15, 0.2) is 42.5 Å². The Morgan fingerprint density at radius 3 is 2.48 bits per heavy atom. The highest BCUT2D eigenvalue weighted by Crippen LogP contribution is 2.53. The van der Waals surface area contributed by atoms with E-state index in [1.54, 1.807) is 6.07 Å². The molecule has 3 unspecified atom stereocenters. The van der Waals surface area contributed by atoms with E-state index in [2.05, 4.69) is 17.5 Å². The second-order valence-electron chi connectivity index (χ2n) is 5.99. The maximum atomic E-state index is 6.46. The fourth-order valence-electron chi connectivity index (χ4n) is 3.71. The first-order chi connectivity index (χ1) is 11.0. The Kier molecular flexibility index (Phi) is 4.01. The van der Waals surface area contributed by atoms with Crippen molar-refractivity contribution in [1.29, 1.82) is 0 Å². The minimum atomic E-state index is 0.0989. The van der Waals surface area contributed by atoms with Crippen LogP contribution in [-0.2, 0) is 0 Å². The van der Waals surface area contributed by atoms with Crippen LogP contribution < -0.4 is 5.32 Å². The number of halogens is 4. The highest BCUT2D eigenvalue weighted by atomic mass is 35.5. The van der Waals surface area contributed by atoms with Crippen molar-refractivity contribution in [3.05, 3.63) is 73.7 Å². The molecule has 1 aliphatic heterocycles. The minimum absolute atomic E-state index is 0.0989. The molecular formula is C18H13Cl4N. The lowest BCUT2D eigenvalue weighted by Gasteiger charge is -2.38. The Labute approximate surface area is 155 Å². The third-order valence-electron chi connectivity index (χ3n) is 4.68. The van der Waals surface area contributed by atoms with Crippen LogP contribution in [-0.4, -0.2) is 0 Å². The molecule has 0 spiro atoms. The van der Waals surface area contributed by atoms with Crippen molar-refractivity contribution in [3.63, 3.8) is 0 Å². The molecule has 1 nitrogen and oxygen atoms in total. The second-order valence-corrected chi connectivity index (χ2v) is 7.68. The van der Waals surface area contributed by atoms with E-state index < -0.39 is 0 Å². The van der Waals surface area contributed by atoms with E-state index in [0.29, 0.717) is 26.0 Å². The predicted octanol–water partition coefficient (Wildman–Crippen LogP) is 7.13. The number of allylic oxidation sites excluding steroid dienone is 2. The van der Waals surface area contributed by atoms with Gasteiger partial charge in [-0.15, -0.1) is 0 Å². The minimum Gasteiger partial charge on any atom is -0.378 e. The Balaban J connectivity index is 1.84. The van der Waals surface area contributed by atoms with E-state index in [9.17, 15) is 0 Å². The number of fused-ring (bicyclic) bond motifs is 3. The summed E-state index contributed by atoms with van der Waals surface area (Å²) in [6.45, 7) is 0. The number of hydrogen-bond donors (Lipinski definition) is 1. The second kappa shape index (κ2) is 5.89. The molecular weight excluding hydrogens is 372 g/mol. The van der Waals surface area contributed by atoms with Gasteiger partial charge < -0.3 is 5.32 Å². The van der Waals surface area contributed by atoms with Gasteiger partial charge in [-0.3, -0.25) is 0 Å². The first kappa shape index (κ1) is 15.7. The Morgan fingerprint density at radius 1 is 0.913 bits per heavy atom. The average Bonchev–Trinajstić information content (AvgIpc) is 2.95. The largest absolute Gasteiger partial charge is 0.378 e. The number of benzene rings is 2. The molecule has 3 atom stereocenters. The van der Waals surface area contributed by atoms with Gasteiger partial charge in [0.1, 0.15) is 0 Å². The highest BCUT2D eigenvalue weighted by Gasteiger charge is 2.39. The van der Waals surface area contributed by atoms with Gasteiger partial charge >= 0.3 is 0 Å². The third kappa shape index (κ3) is 2.64. The molecule has 0 aromatic heterocycles. The van der Waals surface area contributed by atoms with Gasteiger partial charge in [0.15, 0.2) is 0 Å². The van der Waals surface area contributed by atoms with Gasteiger partial charge in [-0.05, 0) is 42.2 Å². The zero-order valence-electron chi connectivity index (χ0n) is 12.0. The van der Waals surface area contributed by atoms with Gasteiger partial charge in [-0.1, -0.05) is 64.6 Å². The molecule has 0 fully saturated rings. The van der Waals surface area contributed by atoms with Crippen molar-refractivity contribution in [1.82, 2.24) is 0 Å². The van der Waals surface area contributed by atoms with Crippen molar-refractivity contribution in [2.75, 3.05) is 5.32 Å². The Morgan fingerprint density at radius 2 is 1.70 bits per heavy atom. The molecule has 0 radical (unpaired) electrons. The zero-order valence-corrected chi connectivity index (χ0v) is 15.0. The number of hydrogen-bond acceptors (Lipinski definition) is 1. The maximum absolute atomic E-state index is 6.46. The summed E-state index contributed by atoms with van der Waals surface area (Å²) in [7, 11) is 0.